The number of aromatic nitrogens is 1. The van der Waals surface area contributed by atoms with Gasteiger partial charge >= 0.3 is 5.97 Å². The Morgan fingerprint density at radius 1 is 1.19 bits per heavy atom. The van der Waals surface area contributed by atoms with E-state index in [9.17, 15) is 9.59 Å². The van der Waals surface area contributed by atoms with Crippen LogP contribution in [-0.2, 0) is 15.9 Å². The highest BCUT2D eigenvalue weighted by atomic mass is 35.5. The summed E-state index contributed by atoms with van der Waals surface area (Å²) < 4.78 is 10.6. The minimum Gasteiger partial charge on any atom is -0.459 e. The minimum absolute atomic E-state index is 0.0512. The summed E-state index contributed by atoms with van der Waals surface area (Å²) in [4.78, 5) is 28.2. The number of ketones is 1. The predicted octanol–water partition coefficient (Wildman–Crippen LogP) is 4.47. The number of carbonyl (C=O) groups is 2. The Balaban J connectivity index is 1.73. The molecule has 0 saturated heterocycles. The molecular weight excluding hydrogens is 366 g/mol. The van der Waals surface area contributed by atoms with E-state index >= 15 is 0 Å². The fraction of sp³-hybridized carbons (Fsp3) is 0.429. The number of hydrogen-bond acceptors (Lipinski definition) is 4. The Bertz CT molecular complexity index is 825. The van der Waals surface area contributed by atoms with Crippen molar-refractivity contribution in [3.63, 3.8) is 0 Å². The maximum Gasteiger partial charge on any atom is 0.355 e. The van der Waals surface area contributed by atoms with Crippen LogP contribution in [0.4, 0.5) is 0 Å². The van der Waals surface area contributed by atoms with Gasteiger partial charge in [-0.25, -0.2) is 4.79 Å². The largest absolute Gasteiger partial charge is 0.459 e. The van der Waals surface area contributed by atoms with E-state index in [-0.39, 0.29) is 18.3 Å². The van der Waals surface area contributed by atoms with Gasteiger partial charge in [-0.2, -0.15) is 0 Å². The van der Waals surface area contributed by atoms with Crippen LogP contribution in [0, 0.1) is 6.92 Å². The molecule has 2 aromatic rings. The number of aromatic amines is 1. The molecule has 3 rings (SSSR count). The van der Waals surface area contributed by atoms with E-state index < -0.39 is 5.97 Å². The van der Waals surface area contributed by atoms with Gasteiger partial charge in [-0.05, 0) is 48.9 Å². The molecule has 0 amide bonds. The van der Waals surface area contributed by atoms with Crippen LogP contribution in [0.3, 0.4) is 0 Å². The van der Waals surface area contributed by atoms with Gasteiger partial charge in [0.15, 0.2) is 5.78 Å². The van der Waals surface area contributed by atoms with Crippen molar-refractivity contribution in [2.24, 2.45) is 0 Å². The Morgan fingerprint density at radius 2 is 1.93 bits per heavy atom. The topological polar surface area (TPSA) is 68.4 Å². The van der Waals surface area contributed by atoms with Crippen molar-refractivity contribution in [2.75, 3.05) is 19.8 Å². The summed E-state index contributed by atoms with van der Waals surface area (Å²) in [6.45, 7) is 5.03. The molecule has 1 aliphatic carbocycles. The third-order valence-electron chi connectivity index (χ3n) is 4.84. The zero-order valence-corrected chi connectivity index (χ0v) is 16.4. The summed E-state index contributed by atoms with van der Waals surface area (Å²) >= 11 is 5.96. The quantitative estimate of drug-likeness (QED) is 0.560. The molecule has 144 valence electrons. The van der Waals surface area contributed by atoms with Gasteiger partial charge in [0.25, 0.3) is 0 Å². The second kappa shape index (κ2) is 8.72. The van der Waals surface area contributed by atoms with E-state index in [0.29, 0.717) is 47.9 Å². The summed E-state index contributed by atoms with van der Waals surface area (Å²) in [5.41, 5.74) is 3.54. The smallest absolute Gasteiger partial charge is 0.355 e. The maximum atomic E-state index is 12.7. The lowest BCUT2D eigenvalue weighted by atomic mass is 9.81. The zero-order valence-electron chi connectivity index (χ0n) is 15.6. The first-order chi connectivity index (χ1) is 13.0. The molecule has 0 saturated carbocycles. The minimum atomic E-state index is -0.446. The molecule has 0 bridgehead atoms. The molecule has 1 N–H and O–H groups in total. The number of halogens is 1. The number of Topliss-reactive ketones (excluding diaryl/α,β-unsaturated/α-hetero) is 1. The highest BCUT2D eigenvalue weighted by Crippen LogP contribution is 2.35. The van der Waals surface area contributed by atoms with Crippen molar-refractivity contribution in [3.05, 3.63) is 57.4 Å². The molecule has 0 aliphatic heterocycles. The van der Waals surface area contributed by atoms with Crippen molar-refractivity contribution in [1.82, 2.24) is 4.98 Å². The normalized spacial score (nSPS) is 16.3. The molecule has 1 aromatic heterocycles. The highest BCUT2D eigenvalue weighted by molar-refractivity contribution is 6.30. The van der Waals surface area contributed by atoms with Gasteiger partial charge in [0.05, 0.1) is 6.61 Å². The summed E-state index contributed by atoms with van der Waals surface area (Å²) in [6.07, 6.45) is 2.02. The fourth-order valence-electron chi connectivity index (χ4n) is 3.52. The van der Waals surface area contributed by atoms with E-state index in [1.165, 1.54) is 0 Å². The highest BCUT2D eigenvalue weighted by Gasteiger charge is 2.32. The predicted molar refractivity (Wildman–Crippen MR) is 104 cm³/mol. The van der Waals surface area contributed by atoms with Crippen LogP contribution in [-0.4, -0.2) is 36.6 Å². The number of hydrogen-bond donors (Lipinski definition) is 1. The molecule has 5 nitrogen and oxygen atoms in total. The summed E-state index contributed by atoms with van der Waals surface area (Å²) in [6, 6.07) is 7.57. The van der Waals surface area contributed by atoms with Crippen LogP contribution in [0.15, 0.2) is 24.3 Å². The second-order valence-corrected chi connectivity index (χ2v) is 7.24. The number of benzene rings is 1. The molecule has 0 fully saturated rings. The Labute approximate surface area is 164 Å². The average Bonchev–Trinajstić information content (AvgIpc) is 2.99. The van der Waals surface area contributed by atoms with E-state index in [1.807, 2.05) is 31.2 Å². The first-order valence-electron chi connectivity index (χ1n) is 9.26. The number of fused-ring (bicyclic) bond motifs is 1. The maximum absolute atomic E-state index is 12.7. The van der Waals surface area contributed by atoms with Crippen molar-refractivity contribution in [3.8, 4) is 0 Å². The third-order valence-corrected chi connectivity index (χ3v) is 5.10. The molecule has 1 aromatic carbocycles. The lowest BCUT2D eigenvalue weighted by molar-refractivity contribution is 0.0312. The molecular formula is C21H24ClNO4. The molecule has 0 radical (unpaired) electrons. The van der Waals surface area contributed by atoms with Gasteiger partial charge in [0, 0.05) is 29.3 Å². The summed E-state index contributed by atoms with van der Waals surface area (Å²) in [5.74, 6) is -0.320. The second-order valence-electron chi connectivity index (χ2n) is 6.81. The lowest BCUT2D eigenvalue weighted by Crippen LogP contribution is -2.18. The Kier molecular flexibility index (Phi) is 6.34. The SMILES string of the molecule is CCCOCCOC(=O)c1[nH]c2c(c1C)C(=O)C[C@@H](c1ccc(Cl)cc1)C2. The van der Waals surface area contributed by atoms with Gasteiger partial charge in [0.1, 0.15) is 12.3 Å². The standard InChI is InChI=1S/C21H24ClNO4/c1-3-8-26-9-10-27-21(25)20-13(2)19-17(23-20)11-15(12-18(19)24)14-4-6-16(22)7-5-14/h4-7,15,23H,3,8-12H2,1-2H3/t15-/m0/s1. The molecule has 0 spiro atoms. The first kappa shape index (κ1) is 19.6. The van der Waals surface area contributed by atoms with E-state index in [2.05, 4.69) is 4.98 Å². The van der Waals surface area contributed by atoms with Crippen LogP contribution in [0.2, 0.25) is 5.02 Å². The van der Waals surface area contributed by atoms with E-state index in [0.717, 1.165) is 17.7 Å². The summed E-state index contributed by atoms with van der Waals surface area (Å²) in [7, 11) is 0. The lowest BCUT2D eigenvalue weighted by Gasteiger charge is -2.22. The molecule has 1 atom stereocenters. The van der Waals surface area contributed by atoms with Crippen molar-refractivity contribution in [2.45, 2.75) is 39.0 Å². The van der Waals surface area contributed by atoms with Crippen molar-refractivity contribution in [1.29, 1.82) is 0 Å². The van der Waals surface area contributed by atoms with E-state index in [4.69, 9.17) is 21.1 Å². The number of rotatable bonds is 7. The van der Waals surface area contributed by atoms with E-state index in [1.54, 1.807) is 6.92 Å². The van der Waals surface area contributed by atoms with Gasteiger partial charge in [0.2, 0.25) is 0 Å². The summed E-state index contributed by atoms with van der Waals surface area (Å²) in [5, 5.41) is 0.672. The zero-order chi connectivity index (χ0) is 19.4. The number of ether oxygens (including phenoxy) is 2. The number of carbonyl (C=O) groups excluding carboxylic acids is 2. The number of esters is 1. The van der Waals surface area contributed by atoms with Gasteiger partial charge in [-0.3, -0.25) is 4.79 Å². The van der Waals surface area contributed by atoms with Crippen molar-refractivity contribution >= 4 is 23.4 Å². The van der Waals surface area contributed by atoms with Crippen LogP contribution in [0.25, 0.3) is 0 Å². The molecule has 27 heavy (non-hydrogen) atoms. The van der Waals surface area contributed by atoms with Crippen molar-refractivity contribution < 1.29 is 19.1 Å². The number of H-pyrrole nitrogens is 1. The molecule has 6 heteroatoms. The molecule has 1 aliphatic rings. The Morgan fingerprint density at radius 3 is 2.63 bits per heavy atom. The Hall–Kier alpha value is -2.11. The average molecular weight is 390 g/mol. The van der Waals surface area contributed by atoms with Gasteiger partial charge in [-0.1, -0.05) is 30.7 Å². The number of nitrogens with one attached hydrogen (secondary N) is 1. The van der Waals surface area contributed by atoms with Crippen LogP contribution in [0.1, 0.15) is 63.4 Å². The first-order valence-corrected chi connectivity index (χ1v) is 9.64. The molecule has 1 heterocycles. The van der Waals surface area contributed by atoms with Gasteiger partial charge in [-0.15, -0.1) is 0 Å². The third kappa shape index (κ3) is 4.42. The van der Waals surface area contributed by atoms with Crippen LogP contribution < -0.4 is 0 Å². The van der Waals surface area contributed by atoms with Crippen LogP contribution >= 0.6 is 11.6 Å². The fourth-order valence-corrected chi connectivity index (χ4v) is 3.65. The van der Waals surface area contributed by atoms with Crippen LogP contribution in [0.5, 0.6) is 0 Å². The molecule has 0 unspecified atom stereocenters. The van der Waals surface area contributed by atoms with Gasteiger partial charge < -0.3 is 14.5 Å². The monoisotopic (exact) mass is 389 g/mol.